The molecule has 2 aromatic heterocycles. The highest BCUT2D eigenvalue weighted by molar-refractivity contribution is 7.99. The second-order valence-corrected chi connectivity index (χ2v) is 6.49. The minimum Gasteiger partial charge on any atom is -0.360 e. The van der Waals surface area contributed by atoms with Gasteiger partial charge in [0.1, 0.15) is 11.0 Å². The Morgan fingerprint density at radius 3 is 2.75 bits per heavy atom. The summed E-state index contributed by atoms with van der Waals surface area (Å²) in [7, 11) is 1.88. The number of nitrogens with one attached hydrogen (secondary N) is 1. The number of nitrogens with zero attached hydrogens (tertiary/aromatic N) is 3. The van der Waals surface area contributed by atoms with Crippen LogP contribution in [0.15, 0.2) is 53.2 Å². The van der Waals surface area contributed by atoms with Crippen LogP contribution < -0.4 is 5.32 Å². The van der Waals surface area contributed by atoms with E-state index in [0.29, 0.717) is 17.3 Å². The van der Waals surface area contributed by atoms with Crippen molar-refractivity contribution in [3.8, 4) is 0 Å². The molecule has 0 unspecified atom stereocenters. The zero-order valence-corrected chi connectivity index (χ0v) is 14.3. The van der Waals surface area contributed by atoms with Crippen LogP contribution in [0.3, 0.4) is 0 Å². The fourth-order valence-corrected chi connectivity index (χ4v) is 3.33. The van der Waals surface area contributed by atoms with E-state index in [9.17, 15) is 4.79 Å². The first-order chi connectivity index (χ1) is 11.6. The number of thioether (sulfide) groups is 1. The molecule has 1 amide bonds. The van der Waals surface area contributed by atoms with E-state index in [1.54, 1.807) is 17.7 Å². The number of rotatable bonds is 6. The molecule has 3 aromatic rings. The Morgan fingerprint density at radius 2 is 2.12 bits per heavy atom. The maximum Gasteiger partial charge on any atom is 0.243 e. The third-order valence-corrected chi connectivity index (χ3v) is 4.67. The largest absolute Gasteiger partial charge is 0.360 e. The Morgan fingerprint density at radius 1 is 1.33 bits per heavy atom. The van der Waals surface area contributed by atoms with Crippen molar-refractivity contribution in [1.82, 2.24) is 14.9 Å². The zero-order valence-electron chi connectivity index (χ0n) is 13.5. The number of amides is 1. The highest BCUT2D eigenvalue weighted by Gasteiger charge is 2.22. The summed E-state index contributed by atoms with van der Waals surface area (Å²) in [6.07, 6.45) is 1.89. The first-order valence-corrected chi connectivity index (χ1v) is 8.56. The molecule has 124 valence electrons. The molecule has 1 aromatic carbocycles. The summed E-state index contributed by atoms with van der Waals surface area (Å²) in [5.41, 5.74) is 1.88. The van der Waals surface area contributed by atoms with E-state index in [1.807, 2.05) is 49.6 Å². The van der Waals surface area contributed by atoms with Crippen molar-refractivity contribution >= 4 is 23.5 Å². The van der Waals surface area contributed by atoms with Crippen molar-refractivity contribution in [1.29, 1.82) is 0 Å². The van der Waals surface area contributed by atoms with Crippen LogP contribution in [0.5, 0.6) is 0 Å². The van der Waals surface area contributed by atoms with Crippen LogP contribution in [0.4, 0.5) is 5.82 Å². The van der Waals surface area contributed by atoms with Gasteiger partial charge in [-0.15, -0.1) is 11.8 Å². The Balaban J connectivity index is 1.75. The molecule has 3 rings (SSSR count). The molecule has 0 spiro atoms. The number of aryl methyl sites for hydroxylation is 2. The lowest BCUT2D eigenvalue weighted by Crippen LogP contribution is -2.19. The van der Waals surface area contributed by atoms with Crippen LogP contribution in [0.1, 0.15) is 22.3 Å². The topological polar surface area (TPSA) is 73.0 Å². The molecule has 0 saturated carbocycles. The van der Waals surface area contributed by atoms with E-state index in [-0.39, 0.29) is 11.2 Å². The first-order valence-electron chi connectivity index (χ1n) is 7.51. The molecule has 0 bridgehead atoms. The highest BCUT2D eigenvalue weighted by Crippen LogP contribution is 2.32. The normalized spacial score (nSPS) is 12.1. The second kappa shape index (κ2) is 7.35. The fraction of sp³-hybridized carbons (Fsp3) is 0.235. The number of hydrogen-bond acceptors (Lipinski definition) is 5. The second-order valence-electron chi connectivity index (χ2n) is 5.39. The van der Waals surface area contributed by atoms with E-state index in [0.717, 1.165) is 11.3 Å². The lowest BCUT2D eigenvalue weighted by atomic mass is 10.1. The van der Waals surface area contributed by atoms with Gasteiger partial charge >= 0.3 is 0 Å². The van der Waals surface area contributed by atoms with Gasteiger partial charge < -0.3 is 9.84 Å². The van der Waals surface area contributed by atoms with E-state index in [2.05, 4.69) is 15.6 Å². The van der Waals surface area contributed by atoms with Crippen molar-refractivity contribution in [2.24, 2.45) is 7.05 Å². The smallest absolute Gasteiger partial charge is 0.243 e. The molecule has 0 aliphatic carbocycles. The summed E-state index contributed by atoms with van der Waals surface area (Å²) >= 11 is 1.53. The molecular weight excluding hydrogens is 324 g/mol. The molecule has 24 heavy (non-hydrogen) atoms. The molecule has 0 aliphatic heterocycles. The molecule has 1 atom stereocenters. The van der Waals surface area contributed by atoms with Crippen molar-refractivity contribution < 1.29 is 9.32 Å². The average Bonchev–Trinajstić information content (AvgIpc) is 3.17. The van der Waals surface area contributed by atoms with Crippen molar-refractivity contribution in [2.45, 2.75) is 17.9 Å². The van der Waals surface area contributed by atoms with Crippen LogP contribution in [0.2, 0.25) is 0 Å². The molecule has 7 heteroatoms. The van der Waals surface area contributed by atoms with Gasteiger partial charge in [-0.2, -0.15) is 5.10 Å². The van der Waals surface area contributed by atoms with Crippen LogP contribution in [0.25, 0.3) is 0 Å². The quantitative estimate of drug-likeness (QED) is 0.744. The summed E-state index contributed by atoms with van der Waals surface area (Å²) in [4.78, 5) is 12.7. The maximum absolute atomic E-state index is 12.7. The zero-order chi connectivity index (χ0) is 16.9. The number of anilines is 1. The molecule has 2 heterocycles. The van der Waals surface area contributed by atoms with Gasteiger partial charge in [0.25, 0.3) is 0 Å². The van der Waals surface area contributed by atoms with E-state index >= 15 is 0 Å². The molecule has 0 aliphatic rings. The summed E-state index contributed by atoms with van der Waals surface area (Å²) < 4.78 is 6.75. The lowest BCUT2D eigenvalue weighted by Gasteiger charge is -2.15. The molecule has 6 nitrogen and oxygen atoms in total. The summed E-state index contributed by atoms with van der Waals surface area (Å²) in [6.45, 7) is 1.78. The van der Waals surface area contributed by atoms with Gasteiger partial charge in [-0.05, 0) is 18.6 Å². The van der Waals surface area contributed by atoms with Gasteiger partial charge in [-0.1, -0.05) is 35.5 Å². The van der Waals surface area contributed by atoms with E-state index in [4.69, 9.17) is 4.52 Å². The number of carbonyl (C=O) groups is 1. The van der Waals surface area contributed by atoms with Crippen LogP contribution >= 0.6 is 11.8 Å². The minimum atomic E-state index is -0.356. The van der Waals surface area contributed by atoms with Gasteiger partial charge in [-0.25, -0.2) is 0 Å². The van der Waals surface area contributed by atoms with E-state index in [1.165, 1.54) is 11.8 Å². The Hall–Kier alpha value is -2.54. The average molecular weight is 342 g/mol. The van der Waals surface area contributed by atoms with E-state index < -0.39 is 0 Å². The minimum absolute atomic E-state index is 0.129. The molecule has 0 fully saturated rings. The Kier molecular flexibility index (Phi) is 5.00. The molecule has 0 radical (unpaired) electrons. The predicted octanol–water partition coefficient (Wildman–Crippen LogP) is 3.33. The highest BCUT2D eigenvalue weighted by atomic mass is 32.2. The third kappa shape index (κ3) is 4.05. The summed E-state index contributed by atoms with van der Waals surface area (Å²) in [6, 6.07) is 13.3. The SMILES string of the molecule is Cc1cc(NC(=O)[C@H](SCc2ccn(C)n2)c2ccccc2)no1. The third-order valence-electron chi connectivity index (χ3n) is 3.39. The predicted molar refractivity (Wildman–Crippen MR) is 93.6 cm³/mol. The van der Waals surface area contributed by atoms with Crippen molar-refractivity contribution in [2.75, 3.05) is 5.32 Å². The van der Waals surface area contributed by atoms with Gasteiger partial charge in [-0.3, -0.25) is 9.48 Å². The summed E-state index contributed by atoms with van der Waals surface area (Å²) in [5, 5.41) is 10.6. The lowest BCUT2D eigenvalue weighted by molar-refractivity contribution is -0.115. The summed E-state index contributed by atoms with van der Waals surface area (Å²) in [5.74, 6) is 1.60. The van der Waals surface area contributed by atoms with Gasteiger partial charge in [0.2, 0.25) is 5.91 Å². The van der Waals surface area contributed by atoms with Gasteiger partial charge in [0.15, 0.2) is 5.82 Å². The van der Waals surface area contributed by atoms with Gasteiger partial charge in [0, 0.05) is 25.1 Å². The maximum atomic E-state index is 12.7. The first kappa shape index (κ1) is 16.3. The van der Waals surface area contributed by atoms with Crippen LogP contribution in [0, 0.1) is 6.92 Å². The standard InChI is InChI=1S/C17H18N4O2S/c1-12-10-15(20-23-12)18-17(22)16(13-6-4-3-5-7-13)24-11-14-8-9-21(2)19-14/h3-10,16H,11H2,1-2H3,(H,18,20,22)/t16-/m1/s1. The fourth-order valence-electron chi connectivity index (χ4n) is 2.28. The monoisotopic (exact) mass is 342 g/mol. The Bertz CT molecular complexity index is 813. The van der Waals surface area contributed by atoms with Crippen LogP contribution in [-0.2, 0) is 17.6 Å². The Labute approximate surface area is 144 Å². The van der Waals surface area contributed by atoms with Gasteiger partial charge in [0.05, 0.1) is 5.69 Å². The number of aromatic nitrogens is 3. The number of carbonyl (C=O) groups excluding carboxylic acids is 1. The molecule has 1 N–H and O–H groups in total. The number of hydrogen-bond donors (Lipinski definition) is 1. The molecular formula is C17H18N4O2S. The molecule has 0 saturated heterocycles. The van der Waals surface area contributed by atoms with Crippen LogP contribution in [-0.4, -0.2) is 20.8 Å². The van der Waals surface area contributed by atoms with Crippen molar-refractivity contribution in [3.05, 3.63) is 65.7 Å². The number of benzene rings is 1. The van der Waals surface area contributed by atoms with Crippen molar-refractivity contribution in [3.63, 3.8) is 0 Å².